The van der Waals surface area contributed by atoms with Crippen LogP contribution in [-0.2, 0) is 10.2 Å². The number of benzene rings is 1. The molecule has 0 bridgehead atoms. The van der Waals surface area contributed by atoms with Gasteiger partial charge in [0.25, 0.3) is 0 Å². The Kier molecular flexibility index (Phi) is 3.43. The number of carboxylic acids is 1. The van der Waals surface area contributed by atoms with Gasteiger partial charge in [0.1, 0.15) is 0 Å². The predicted octanol–water partition coefficient (Wildman–Crippen LogP) is 3.75. The van der Waals surface area contributed by atoms with Crippen molar-refractivity contribution >= 4 is 21.9 Å². The summed E-state index contributed by atoms with van der Waals surface area (Å²) in [7, 11) is 0. The van der Waals surface area contributed by atoms with Crippen LogP contribution in [0.15, 0.2) is 16.6 Å². The molecule has 0 atom stereocenters. The number of carboxylic acid groups (broad SMARTS) is 1. The van der Waals surface area contributed by atoms with E-state index in [1.807, 2.05) is 12.1 Å². The molecule has 5 heteroatoms. The molecule has 0 aromatic heterocycles. The Morgan fingerprint density at radius 1 is 1.24 bits per heavy atom. The van der Waals surface area contributed by atoms with Crippen LogP contribution in [0.4, 0.5) is 0 Å². The molecule has 2 aliphatic rings. The SMILES string of the molecule is CC1(C)COc2cc(C3(C(=O)O)CCC3)cc(Br)c2OC1. The van der Waals surface area contributed by atoms with E-state index in [9.17, 15) is 9.90 Å². The highest BCUT2D eigenvalue weighted by atomic mass is 79.9. The lowest BCUT2D eigenvalue weighted by molar-refractivity contribution is -0.147. The molecule has 0 saturated heterocycles. The van der Waals surface area contributed by atoms with E-state index in [1.54, 1.807) is 0 Å². The van der Waals surface area contributed by atoms with Crippen LogP contribution >= 0.6 is 15.9 Å². The lowest BCUT2D eigenvalue weighted by Gasteiger charge is -2.38. The van der Waals surface area contributed by atoms with Gasteiger partial charge in [-0.1, -0.05) is 20.3 Å². The van der Waals surface area contributed by atoms with Gasteiger partial charge in [0.2, 0.25) is 0 Å². The molecule has 3 rings (SSSR count). The van der Waals surface area contributed by atoms with E-state index in [4.69, 9.17) is 9.47 Å². The number of carbonyl (C=O) groups is 1. The summed E-state index contributed by atoms with van der Waals surface area (Å²) in [6, 6.07) is 3.71. The molecular formula is C16H19BrO4. The van der Waals surface area contributed by atoms with Crippen molar-refractivity contribution in [2.75, 3.05) is 13.2 Å². The summed E-state index contributed by atoms with van der Waals surface area (Å²) in [5.41, 5.74) is -0.0299. The molecule has 1 N–H and O–H groups in total. The standard InChI is InChI=1S/C16H19BrO4/c1-15(2)8-20-12-7-10(6-11(17)13(12)21-9-15)16(14(18)19)4-3-5-16/h6-7H,3-5,8-9H2,1-2H3,(H,18,19). The minimum Gasteiger partial charge on any atom is -0.489 e. The van der Waals surface area contributed by atoms with Crippen LogP contribution in [0.2, 0.25) is 0 Å². The molecule has 1 fully saturated rings. The molecule has 114 valence electrons. The molecule has 0 unspecified atom stereocenters. The third-order valence-corrected chi connectivity index (χ3v) is 4.99. The fraction of sp³-hybridized carbons (Fsp3) is 0.562. The summed E-state index contributed by atoms with van der Waals surface area (Å²) in [5, 5.41) is 9.58. The molecule has 1 aliphatic carbocycles. The lowest BCUT2D eigenvalue weighted by atomic mass is 9.64. The smallest absolute Gasteiger partial charge is 0.314 e. The van der Waals surface area contributed by atoms with Crippen molar-refractivity contribution in [3.63, 3.8) is 0 Å². The zero-order valence-electron chi connectivity index (χ0n) is 12.2. The van der Waals surface area contributed by atoms with E-state index in [0.717, 1.165) is 16.5 Å². The lowest BCUT2D eigenvalue weighted by Crippen LogP contribution is -2.42. The Morgan fingerprint density at radius 3 is 2.48 bits per heavy atom. The van der Waals surface area contributed by atoms with Crippen molar-refractivity contribution < 1.29 is 19.4 Å². The number of aliphatic carboxylic acids is 1. The van der Waals surface area contributed by atoms with Crippen molar-refractivity contribution in [2.45, 2.75) is 38.5 Å². The third-order valence-electron chi connectivity index (χ3n) is 4.40. The van der Waals surface area contributed by atoms with Crippen LogP contribution in [0.5, 0.6) is 11.5 Å². The summed E-state index contributed by atoms with van der Waals surface area (Å²) in [6.07, 6.45) is 2.31. The second kappa shape index (κ2) is 4.90. The number of halogens is 1. The average molecular weight is 355 g/mol. The first-order valence-corrected chi connectivity index (χ1v) is 7.96. The van der Waals surface area contributed by atoms with E-state index in [-0.39, 0.29) is 5.41 Å². The second-order valence-corrected chi connectivity index (χ2v) is 7.62. The zero-order chi connectivity index (χ0) is 15.3. The first-order chi connectivity index (χ1) is 9.84. The van der Waals surface area contributed by atoms with Gasteiger partial charge in [-0.05, 0) is 46.5 Å². The molecule has 0 radical (unpaired) electrons. The van der Waals surface area contributed by atoms with Gasteiger partial charge < -0.3 is 14.6 Å². The molecule has 0 spiro atoms. The molecule has 1 aromatic rings. The molecule has 1 aliphatic heterocycles. The number of hydrogen-bond donors (Lipinski definition) is 1. The Bertz CT molecular complexity index is 590. The van der Waals surface area contributed by atoms with E-state index in [0.29, 0.717) is 37.6 Å². The van der Waals surface area contributed by atoms with Gasteiger partial charge in [-0.3, -0.25) is 4.79 Å². The Hall–Kier alpha value is -1.23. The second-order valence-electron chi connectivity index (χ2n) is 6.77. The van der Waals surface area contributed by atoms with Crippen molar-refractivity contribution in [1.29, 1.82) is 0 Å². The first kappa shape index (κ1) is 14.7. The fourth-order valence-electron chi connectivity index (χ4n) is 2.83. The van der Waals surface area contributed by atoms with Crippen molar-refractivity contribution in [2.24, 2.45) is 5.41 Å². The molecule has 0 amide bonds. The quantitative estimate of drug-likeness (QED) is 0.878. The summed E-state index contributed by atoms with van der Waals surface area (Å²) < 4.78 is 12.5. The summed E-state index contributed by atoms with van der Waals surface area (Å²) >= 11 is 3.50. The highest BCUT2D eigenvalue weighted by Gasteiger charge is 2.46. The maximum Gasteiger partial charge on any atom is 0.314 e. The minimum atomic E-state index is -0.761. The monoisotopic (exact) mass is 354 g/mol. The first-order valence-electron chi connectivity index (χ1n) is 7.17. The van der Waals surface area contributed by atoms with E-state index >= 15 is 0 Å². The molecule has 1 aromatic carbocycles. The molecule has 4 nitrogen and oxygen atoms in total. The van der Waals surface area contributed by atoms with Crippen LogP contribution in [0.1, 0.15) is 38.7 Å². The van der Waals surface area contributed by atoms with Crippen LogP contribution in [0.3, 0.4) is 0 Å². The Balaban J connectivity index is 2.02. The van der Waals surface area contributed by atoms with Crippen molar-refractivity contribution in [1.82, 2.24) is 0 Å². The predicted molar refractivity (Wildman–Crippen MR) is 82.1 cm³/mol. The Morgan fingerprint density at radius 2 is 1.90 bits per heavy atom. The molecule has 1 heterocycles. The summed E-state index contributed by atoms with van der Waals surface area (Å²) in [6.45, 7) is 5.29. The maximum absolute atomic E-state index is 11.7. The number of ether oxygens (including phenoxy) is 2. The van der Waals surface area contributed by atoms with Gasteiger partial charge in [0, 0.05) is 5.41 Å². The van der Waals surface area contributed by atoms with Crippen LogP contribution in [0.25, 0.3) is 0 Å². The molecule has 1 saturated carbocycles. The van der Waals surface area contributed by atoms with E-state index in [2.05, 4.69) is 29.8 Å². The van der Waals surface area contributed by atoms with Gasteiger partial charge in [0.15, 0.2) is 11.5 Å². The van der Waals surface area contributed by atoms with Gasteiger partial charge in [-0.2, -0.15) is 0 Å². The minimum absolute atomic E-state index is 0.0699. The topological polar surface area (TPSA) is 55.8 Å². The van der Waals surface area contributed by atoms with Gasteiger partial charge in [-0.15, -0.1) is 0 Å². The number of hydrogen-bond acceptors (Lipinski definition) is 3. The normalized spacial score (nSPS) is 22.0. The van der Waals surface area contributed by atoms with Gasteiger partial charge in [-0.25, -0.2) is 0 Å². The van der Waals surface area contributed by atoms with Crippen molar-refractivity contribution in [3.05, 3.63) is 22.2 Å². The molecule has 21 heavy (non-hydrogen) atoms. The highest BCUT2D eigenvalue weighted by molar-refractivity contribution is 9.10. The van der Waals surface area contributed by atoms with Gasteiger partial charge in [0.05, 0.1) is 23.1 Å². The largest absolute Gasteiger partial charge is 0.489 e. The van der Waals surface area contributed by atoms with Crippen LogP contribution < -0.4 is 9.47 Å². The third kappa shape index (κ3) is 2.41. The zero-order valence-corrected chi connectivity index (χ0v) is 13.8. The van der Waals surface area contributed by atoms with Gasteiger partial charge >= 0.3 is 5.97 Å². The fourth-order valence-corrected chi connectivity index (χ4v) is 3.39. The highest BCUT2D eigenvalue weighted by Crippen LogP contribution is 2.49. The van der Waals surface area contributed by atoms with Crippen molar-refractivity contribution in [3.8, 4) is 11.5 Å². The number of rotatable bonds is 2. The van der Waals surface area contributed by atoms with E-state index in [1.165, 1.54) is 0 Å². The van der Waals surface area contributed by atoms with Crippen LogP contribution in [0, 0.1) is 5.41 Å². The maximum atomic E-state index is 11.7. The molecular weight excluding hydrogens is 336 g/mol. The van der Waals surface area contributed by atoms with Crippen LogP contribution in [-0.4, -0.2) is 24.3 Å². The summed E-state index contributed by atoms with van der Waals surface area (Å²) in [4.78, 5) is 11.7. The summed E-state index contributed by atoms with van der Waals surface area (Å²) in [5.74, 6) is 0.553. The van der Waals surface area contributed by atoms with E-state index < -0.39 is 11.4 Å². The Labute approximate surface area is 132 Å². The average Bonchev–Trinajstić information content (AvgIpc) is 2.47. The number of fused-ring (bicyclic) bond motifs is 1.